The molecule has 0 aliphatic rings. The Bertz CT molecular complexity index is 1140. The number of rotatable bonds is 8. The average molecular weight is 508 g/mol. The first kappa shape index (κ1) is 29.2. The van der Waals surface area contributed by atoms with Crippen LogP contribution < -0.4 is 15.4 Å². The molecule has 0 heterocycles. The van der Waals surface area contributed by atoms with Crippen LogP contribution >= 0.6 is 0 Å². The summed E-state index contributed by atoms with van der Waals surface area (Å²) in [6.07, 6.45) is 5.12. The van der Waals surface area contributed by atoms with Crippen LogP contribution in [0, 0.1) is 32.2 Å². The van der Waals surface area contributed by atoms with Crippen LogP contribution in [0.2, 0.25) is 0 Å². The number of nitrogens with zero attached hydrogens (tertiary/aromatic N) is 1. The number of hydrogen-bond acceptors (Lipinski definition) is 5. The summed E-state index contributed by atoms with van der Waals surface area (Å²) in [4.78, 5) is 41.1. The third kappa shape index (κ3) is 7.74. The van der Waals surface area contributed by atoms with Crippen LogP contribution in [0.15, 0.2) is 42.5 Å². The number of hydrogen-bond donors (Lipinski definition) is 2. The molecule has 0 bridgehead atoms. The summed E-state index contributed by atoms with van der Waals surface area (Å²) in [6, 6.07) is 12.6. The van der Waals surface area contributed by atoms with E-state index >= 15 is 0 Å². The molecule has 0 aromatic heterocycles. The first-order valence-corrected chi connectivity index (χ1v) is 12.1. The number of benzene rings is 2. The van der Waals surface area contributed by atoms with E-state index in [9.17, 15) is 14.4 Å². The maximum absolute atomic E-state index is 13.8. The van der Waals surface area contributed by atoms with Crippen molar-refractivity contribution in [3.05, 3.63) is 59.2 Å². The number of terminal acetylenes is 1. The SMILES string of the molecule is C#CN(C(=O)C(NC(=O)OC(C)(C)C)C(C)C)C(C(=O)Nc1ccc(OC)cc1)c1c(C)cccc1C. The summed E-state index contributed by atoms with van der Waals surface area (Å²) >= 11 is 0. The Labute approximate surface area is 219 Å². The van der Waals surface area contributed by atoms with Crippen LogP contribution in [0.25, 0.3) is 0 Å². The van der Waals surface area contributed by atoms with Crippen LogP contribution in [0.4, 0.5) is 10.5 Å². The quantitative estimate of drug-likeness (QED) is 0.389. The lowest BCUT2D eigenvalue weighted by atomic mass is 9.93. The molecule has 2 aromatic rings. The van der Waals surface area contributed by atoms with Crippen molar-refractivity contribution < 1.29 is 23.9 Å². The van der Waals surface area contributed by atoms with E-state index in [-0.39, 0.29) is 5.92 Å². The molecule has 2 rings (SSSR count). The van der Waals surface area contributed by atoms with Crippen molar-refractivity contribution in [3.8, 4) is 18.2 Å². The molecule has 2 unspecified atom stereocenters. The van der Waals surface area contributed by atoms with Crippen molar-refractivity contribution in [2.24, 2.45) is 5.92 Å². The van der Waals surface area contributed by atoms with Gasteiger partial charge in [0.2, 0.25) is 0 Å². The van der Waals surface area contributed by atoms with Crippen molar-refractivity contribution in [2.75, 3.05) is 12.4 Å². The van der Waals surface area contributed by atoms with E-state index in [0.29, 0.717) is 17.0 Å². The number of carbonyl (C=O) groups excluding carboxylic acids is 3. The molecule has 0 saturated carbocycles. The molecule has 8 nitrogen and oxygen atoms in total. The van der Waals surface area contributed by atoms with Crippen LogP contribution in [-0.2, 0) is 14.3 Å². The van der Waals surface area contributed by atoms with E-state index in [1.807, 2.05) is 32.0 Å². The molecule has 2 aromatic carbocycles. The van der Waals surface area contributed by atoms with Gasteiger partial charge in [-0.3, -0.25) is 14.5 Å². The Kier molecular flexibility index (Phi) is 9.73. The summed E-state index contributed by atoms with van der Waals surface area (Å²) in [5.41, 5.74) is 1.96. The van der Waals surface area contributed by atoms with E-state index in [4.69, 9.17) is 15.9 Å². The van der Waals surface area contributed by atoms with Gasteiger partial charge in [0.05, 0.1) is 7.11 Å². The van der Waals surface area contributed by atoms with Crippen LogP contribution in [0.1, 0.15) is 57.4 Å². The van der Waals surface area contributed by atoms with Crippen molar-refractivity contribution in [1.29, 1.82) is 0 Å². The van der Waals surface area contributed by atoms with Crippen molar-refractivity contribution in [3.63, 3.8) is 0 Å². The number of anilines is 1. The topological polar surface area (TPSA) is 97.0 Å². The highest BCUT2D eigenvalue weighted by Crippen LogP contribution is 2.30. The number of amides is 3. The molecule has 0 aliphatic carbocycles. The Hall–Kier alpha value is -3.99. The number of nitrogens with one attached hydrogen (secondary N) is 2. The van der Waals surface area contributed by atoms with Gasteiger partial charge < -0.3 is 20.1 Å². The molecular formula is C29H37N3O5. The van der Waals surface area contributed by atoms with Gasteiger partial charge in [0, 0.05) is 11.7 Å². The van der Waals surface area contributed by atoms with E-state index < -0.39 is 35.6 Å². The Balaban J connectivity index is 2.51. The summed E-state index contributed by atoms with van der Waals surface area (Å²) in [6.45, 7) is 12.5. The second-order valence-corrected chi connectivity index (χ2v) is 10.1. The number of alkyl carbamates (subject to hydrolysis) is 1. The normalized spacial score (nSPS) is 12.6. The summed E-state index contributed by atoms with van der Waals surface area (Å²) in [7, 11) is 1.55. The number of methoxy groups -OCH3 is 1. The number of ether oxygens (including phenoxy) is 2. The van der Waals surface area contributed by atoms with Gasteiger partial charge in [-0.25, -0.2) is 4.79 Å². The molecule has 0 spiro atoms. The molecule has 2 atom stereocenters. The lowest BCUT2D eigenvalue weighted by Crippen LogP contribution is -2.53. The van der Waals surface area contributed by atoms with Crippen LogP contribution in [-0.4, -0.2) is 41.6 Å². The highest BCUT2D eigenvalue weighted by molar-refractivity contribution is 6.00. The molecule has 198 valence electrons. The minimum absolute atomic E-state index is 0.334. The number of carbonyl (C=O) groups is 3. The van der Waals surface area contributed by atoms with E-state index in [1.165, 1.54) is 0 Å². The van der Waals surface area contributed by atoms with Crippen LogP contribution in [0.5, 0.6) is 5.75 Å². The molecule has 0 fully saturated rings. The Morgan fingerprint density at radius 1 is 1.00 bits per heavy atom. The Morgan fingerprint density at radius 2 is 1.57 bits per heavy atom. The average Bonchev–Trinajstić information content (AvgIpc) is 2.80. The minimum Gasteiger partial charge on any atom is -0.497 e. The van der Waals surface area contributed by atoms with Crippen molar-refractivity contribution >= 4 is 23.6 Å². The standard InChI is InChI=1S/C29H37N3O5/c1-10-32(27(34)24(18(2)3)31-28(35)37-29(6,7)8)25(23-19(4)12-11-13-20(23)5)26(33)30-21-14-16-22(36-9)17-15-21/h1,11-18,24-25H,2-9H3,(H,30,33)(H,31,35). The zero-order chi connectivity index (χ0) is 27.9. The molecule has 8 heteroatoms. The molecule has 2 N–H and O–H groups in total. The van der Waals surface area contributed by atoms with Gasteiger partial charge in [0.15, 0.2) is 0 Å². The van der Waals surface area contributed by atoms with E-state index in [1.54, 1.807) is 66.0 Å². The van der Waals surface area contributed by atoms with Gasteiger partial charge in [0.25, 0.3) is 11.8 Å². The molecule has 37 heavy (non-hydrogen) atoms. The first-order valence-electron chi connectivity index (χ1n) is 12.1. The second-order valence-electron chi connectivity index (χ2n) is 10.1. The van der Waals surface area contributed by atoms with E-state index in [2.05, 4.69) is 16.7 Å². The van der Waals surface area contributed by atoms with Crippen LogP contribution in [0.3, 0.4) is 0 Å². The first-order chi connectivity index (χ1) is 17.3. The minimum atomic E-state index is -1.15. The molecule has 0 saturated heterocycles. The van der Waals surface area contributed by atoms with Crippen molar-refractivity contribution in [1.82, 2.24) is 10.2 Å². The second kappa shape index (κ2) is 12.3. The third-order valence-electron chi connectivity index (χ3n) is 5.66. The third-order valence-corrected chi connectivity index (χ3v) is 5.66. The highest BCUT2D eigenvalue weighted by atomic mass is 16.6. The zero-order valence-electron chi connectivity index (χ0n) is 22.8. The molecular weight excluding hydrogens is 470 g/mol. The Morgan fingerprint density at radius 3 is 2.03 bits per heavy atom. The summed E-state index contributed by atoms with van der Waals surface area (Å²) < 4.78 is 10.5. The van der Waals surface area contributed by atoms with Gasteiger partial charge in [-0.1, -0.05) is 38.5 Å². The molecule has 3 amide bonds. The smallest absolute Gasteiger partial charge is 0.408 e. The number of aryl methyl sites for hydroxylation is 2. The lowest BCUT2D eigenvalue weighted by Gasteiger charge is -2.33. The fraction of sp³-hybridized carbons (Fsp3) is 0.414. The molecule has 0 aliphatic heterocycles. The van der Waals surface area contributed by atoms with E-state index in [0.717, 1.165) is 16.0 Å². The molecule has 0 radical (unpaired) electrons. The maximum atomic E-state index is 13.8. The zero-order valence-corrected chi connectivity index (χ0v) is 22.8. The largest absolute Gasteiger partial charge is 0.497 e. The maximum Gasteiger partial charge on any atom is 0.408 e. The van der Waals surface area contributed by atoms with Gasteiger partial charge >= 0.3 is 6.09 Å². The van der Waals surface area contributed by atoms with Gasteiger partial charge in [-0.05, 0) is 81.5 Å². The fourth-order valence-electron chi connectivity index (χ4n) is 3.88. The monoisotopic (exact) mass is 507 g/mol. The van der Waals surface area contributed by atoms with Crippen molar-refractivity contribution in [2.45, 2.75) is 66.2 Å². The summed E-state index contributed by atoms with van der Waals surface area (Å²) in [5.74, 6) is -0.786. The lowest BCUT2D eigenvalue weighted by molar-refractivity contribution is -0.137. The predicted molar refractivity (Wildman–Crippen MR) is 144 cm³/mol. The van der Waals surface area contributed by atoms with Gasteiger partial charge in [-0.15, -0.1) is 0 Å². The fourth-order valence-corrected chi connectivity index (χ4v) is 3.88. The van der Waals surface area contributed by atoms with Gasteiger partial charge in [-0.2, -0.15) is 0 Å². The summed E-state index contributed by atoms with van der Waals surface area (Å²) in [5, 5.41) is 5.49. The predicted octanol–water partition coefficient (Wildman–Crippen LogP) is 4.96. The highest BCUT2D eigenvalue weighted by Gasteiger charge is 2.38. The van der Waals surface area contributed by atoms with Gasteiger partial charge in [0.1, 0.15) is 23.4 Å².